The molecule has 0 unspecified atom stereocenters. The van der Waals surface area contributed by atoms with E-state index in [1.165, 1.54) is 5.56 Å². The van der Waals surface area contributed by atoms with Crippen molar-refractivity contribution in [3.05, 3.63) is 40.9 Å². The summed E-state index contributed by atoms with van der Waals surface area (Å²) in [7, 11) is 3.93. The highest BCUT2D eigenvalue weighted by Crippen LogP contribution is 2.29. The molecule has 2 heterocycles. The Balaban J connectivity index is 1.75. The molecular weight excluding hydrogens is 522 g/mol. The lowest BCUT2D eigenvalue weighted by Gasteiger charge is -2.32. The summed E-state index contributed by atoms with van der Waals surface area (Å²) in [6.07, 6.45) is 8.06. The standard InChI is InChI=1S/C32H47N3O4S/c1-6-8-27(37)19-25(21-31-33-29-12-10-24(22(2)3)20-30(29)40-31)32(38)34-28(23-14-17-39-18-15-23)13-11-26(36)9-7-16-35(4)5/h7,9-10,12,20,22-23,25,28H,6,8,11,13-19,21H2,1-5H3,(H,34,38)/b9-7+/t25-,28+/m0/s1. The summed E-state index contributed by atoms with van der Waals surface area (Å²) in [6.45, 7) is 8.37. The van der Waals surface area contributed by atoms with E-state index in [0.29, 0.717) is 51.4 Å². The van der Waals surface area contributed by atoms with E-state index in [-0.39, 0.29) is 35.9 Å². The van der Waals surface area contributed by atoms with E-state index in [1.807, 2.05) is 38.1 Å². The summed E-state index contributed by atoms with van der Waals surface area (Å²) < 4.78 is 6.68. The number of hydrogen-bond acceptors (Lipinski definition) is 7. The zero-order valence-electron chi connectivity index (χ0n) is 24.9. The molecule has 1 aromatic heterocycles. The predicted molar refractivity (Wildman–Crippen MR) is 163 cm³/mol. The number of amides is 1. The Morgan fingerprint density at radius 1 is 1.18 bits per heavy atom. The molecule has 1 aromatic carbocycles. The Hall–Kier alpha value is -2.42. The second kappa shape index (κ2) is 16.1. The minimum atomic E-state index is -0.484. The molecule has 0 saturated carbocycles. The van der Waals surface area contributed by atoms with Crippen molar-refractivity contribution in [3.63, 3.8) is 0 Å². The molecule has 3 rings (SSSR count). The first kappa shape index (κ1) is 32.1. The van der Waals surface area contributed by atoms with Crippen LogP contribution in [-0.2, 0) is 25.5 Å². The van der Waals surface area contributed by atoms with Gasteiger partial charge in [-0.05, 0) is 75.4 Å². The number of ether oxygens (including phenoxy) is 1. The molecule has 1 saturated heterocycles. The van der Waals surface area contributed by atoms with Crippen molar-refractivity contribution < 1.29 is 19.1 Å². The zero-order chi connectivity index (χ0) is 29.1. The summed E-state index contributed by atoms with van der Waals surface area (Å²) in [4.78, 5) is 45.9. The van der Waals surface area contributed by atoms with Crippen molar-refractivity contribution in [1.29, 1.82) is 0 Å². The number of carbonyl (C=O) groups is 3. The Labute approximate surface area is 243 Å². The number of rotatable bonds is 16. The van der Waals surface area contributed by atoms with Gasteiger partial charge in [-0.25, -0.2) is 4.98 Å². The molecular formula is C32H47N3O4S. The van der Waals surface area contributed by atoms with Crippen molar-refractivity contribution in [3.8, 4) is 0 Å². The first-order valence-electron chi connectivity index (χ1n) is 14.8. The first-order valence-corrected chi connectivity index (χ1v) is 15.6. The van der Waals surface area contributed by atoms with E-state index in [1.54, 1.807) is 17.4 Å². The molecule has 0 radical (unpaired) electrons. The van der Waals surface area contributed by atoms with Gasteiger partial charge in [-0.1, -0.05) is 32.9 Å². The number of hydrogen-bond donors (Lipinski definition) is 1. The molecule has 1 fully saturated rings. The molecule has 7 nitrogen and oxygen atoms in total. The lowest BCUT2D eigenvalue weighted by Crippen LogP contribution is -2.45. The van der Waals surface area contributed by atoms with E-state index < -0.39 is 5.92 Å². The van der Waals surface area contributed by atoms with Gasteiger partial charge in [-0.15, -0.1) is 11.3 Å². The largest absolute Gasteiger partial charge is 0.381 e. The number of thiazole rings is 1. The van der Waals surface area contributed by atoms with Crippen LogP contribution in [0.15, 0.2) is 30.4 Å². The van der Waals surface area contributed by atoms with Crippen LogP contribution >= 0.6 is 11.3 Å². The van der Waals surface area contributed by atoms with Crippen molar-refractivity contribution in [2.75, 3.05) is 33.9 Å². The molecule has 40 heavy (non-hydrogen) atoms. The fourth-order valence-electron chi connectivity index (χ4n) is 5.18. The first-order chi connectivity index (χ1) is 19.2. The third-order valence-electron chi connectivity index (χ3n) is 7.56. The molecule has 2 atom stereocenters. The molecule has 1 N–H and O–H groups in total. The second-order valence-electron chi connectivity index (χ2n) is 11.6. The van der Waals surface area contributed by atoms with Gasteiger partial charge in [0.1, 0.15) is 5.78 Å². The molecule has 0 aliphatic carbocycles. The molecule has 0 spiro atoms. The van der Waals surface area contributed by atoms with Gasteiger partial charge < -0.3 is 15.0 Å². The van der Waals surface area contributed by atoms with Gasteiger partial charge in [-0.2, -0.15) is 0 Å². The molecule has 1 aliphatic heterocycles. The van der Waals surface area contributed by atoms with E-state index in [0.717, 1.165) is 34.5 Å². The van der Waals surface area contributed by atoms with Gasteiger partial charge >= 0.3 is 0 Å². The summed E-state index contributed by atoms with van der Waals surface area (Å²) >= 11 is 1.61. The Kier molecular flexibility index (Phi) is 12.9. The van der Waals surface area contributed by atoms with E-state index in [2.05, 4.69) is 31.3 Å². The van der Waals surface area contributed by atoms with Gasteiger partial charge in [0.15, 0.2) is 5.78 Å². The molecule has 1 aliphatic rings. The predicted octanol–water partition coefficient (Wildman–Crippen LogP) is 5.72. The number of nitrogens with one attached hydrogen (secondary N) is 1. The summed E-state index contributed by atoms with van der Waals surface area (Å²) in [5.74, 6) is 0.256. The van der Waals surface area contributed by atoms with Crippen molar-refractivity contribution >= 4 is 39.0 Å². The second-order valence-corrected chi connectivity index (χ2v) is 12.7. The highest BCUT2D eigenvalue weighted by molar-refractivity contribution is 7.18. The molecule has 0 bridgehead atoms. The van der Waals surface area contributed by atoms with Crippen LogP contribution in [0, 0.1) is 11.8 Å². The third-order valence-corrected chi connectivity index (χ3v) is 8.60. The van der Waals surface area contributed by atoms with Crippen LogP contribution < -0.4 is 5.32 Å². The summed E-state index contributed by atoms with van der Waals surface area (Å²) in [5, 5.41) is 4.17. The lowest BCUT2D eigenvalue weighted by molar-refractivity contribution is -0.130. The number of benzene rings is 1. The fraction of sp³-hybridized carbons (Fsp3) is 0.625. The zero-order valence-corrected chi connectivity index (χ0v) is 25.7. The maximum absolute atomic E-state index is 13.8. The van der Waals surface area contributed by atoms with Gasteiger partial charge in [-0.3, -0.25) is 14.4 Å². The minimum absolute atomic E-state index is 0.0677. The van der Waals surface area contributed by atoms with Gasteiger partial charge in [0, 0.05) is 51.5 Å². The lowest BCUT2D eigenvalue weighted by atomic mass is 9.87. The smallest absolute Gasteiger partial charge is 0.224 e. The van der Waals surface area contributed by atoms with Crippen LogP contribution in [0.25, 0.3) is 10.2 Å². The van der Waals surface area contributed by atoms with Crippen LogP contribution in [0.3, 0.4) is 0 Å². The van der Waals surface area contributed by atoms with Crippen molar-refractivity contribution in [1.82, 2.24) is 15.2 Å². The van der Waals surface area contributed by atoms with E-state index in [4.69, 9.17) is 9.72 Å². The summed E-state index contributed by atoms with van der Waals surface area (Å²) in [5.41, 5.74) is 2.20. The summed E-state index contributed by atoms with van der Waals surface area (Å²) in [6, 6.07) is 6.22. The fourth-order valence-corrected chi connectivity index (χ4v) is 6.28. The number of nitrogens with zero attached hydrogens (tertiary/aromatic N) is 2. The van der Waals surface area contributed by atoms with Gasteiger partial charge in [0.2, 0.25) is 5.91 Å². The SMILES string of the molecule is CCCC(=O)C[C@@H](Cc1nc2ccc(C(C)C)cc2s1)C(=O)N[C@H](CCC(=O)/C=C/CN(C)C)C1CCOCC1. The van der Waals surface area contributed by atoms with Crippen LogP contribution in [0.5, 0.6) is 0 Å². The number of Topliss-reactive ketones (excluding diaryl/α,β-unsaturated/α-hetero) is 1. The number of likely N-dealkylation sites (N-methyl/N-ethyl adjacent to an activating group) is 1. The third kappa shape index (κ3) is 10.2. The minimum Gasteiger partial charge on any atom is -0.381 e. The quantitative estimate of drug-likeness (QED) is 0.260. The number of allylic oxidation sites excluding steroid dienone is 1. The van der Waals surface area contributed by atoms with Crippen LogP contribution in [0.2, 0.25) is 0 Å². The maximum Gasteiger partial charge on any atom is 0.224 e. The number of carbonyl (C=O) groups excluding carboxylic acids is 3. The van der Waals surface area contributed by atoms with Gasteiger partial charge in [0.25, 0.3) is 0 Å². The molecule has 220 valence electrons. The highest BCUT2D eigenvalue weighted by Gasteiger charge is 2.30. The molecule has 8 heteroatoms. The van der Waals surface area contributed by atoms with E-state index >= 15 is 0 Å². The topological polar surface area (TPSA) is 88.6 Å². The van der Waals surface area contributed by atoms with E-state index in [9.17, 15) is 14.4 Å². The maximum atomic E-state index is 13.8. The Morgan fingerprint density at radius 3 is 2.60 bits per heavy atom. The Morgan fingerprint density at radius 2 is 1.93 bits per heavy atom. The average molecular weight is 570 g/mol. The number of ketones is 2. The number of fused-ring (bicyclic) bond motifs is 1. The van der Waals surface area contributed by atoms with Crippen molar-refractivity contribution in [2.24, 2.45) is 11.8 Å². The van der Waals surface area contributed by atoms with Crippen LogP contribution in [0.1, 0.15) is 82.2 Å². The monoisotopic (exact) mass is 569 g/mol. The molecule has 1 amide bonds. The van der Waals surface area contributed by atoms with Crippen LogP contribution in [0.4, 0.5) is 0 Å². The average Bonchev–Trinajstić information content (AvgIpc) is 3.32. The Bertz CT molecular complexity index is 1150. The van der Waals surface area contributed by atoms with Crippen LogP contribution in [-0.4, -0.2) is 67.3 Å². The van der Waals surface area contributed by atoms with Crippen molar-refractivity contribution in [2.45, 2.75) is 84.1 Å². The van der Waals surface area contributed by atoms with Gasteiger partial charge in [0.05, 0.1) is 21.1 Å². The number of aromatic nitrogens is 1. The molecule has 2 aromatic rings. The highest BCUT2D eigenvalue weighted by atomic mass is 32.1. The normalized spacial score (nSPS) is 16.2.